The summed E-state index contributed by atoms with van der Waals surface area (Å²) in [6, 6.07) is -0.762. The molecule has 1 aromatic heterocycles. The average Bonchev–Trinajstić information content (AvgIpc) is 2.94. The van der Waals surface area contributed by atoms with Crippen LogP contribution >= 0.6 is 0 Å². The summed E-state index contributed by atoms with van der Waals surface area (Å²) < 4.78 is 13.0. The zero-order valence-corrected chi connectivity index (χ0v) is 16.0. The van der Waals surface area contributed by atoms with E-state index in [-0.39, 0.29) is 5.91 Å². The molecule has 2 unspecified atom stereocenters. The van der Waals surface area contributed by atoms with E-state index in [0.29, 0.717) is 6.54 Å². The van der Waals surface area contributed by atoms with Crippen LogP contribution in [-0.4, -0.2) is 50.2 Å². The number of rotatable bonds is 3. The molecule has 1 saturated heterocycles. The van der Waals surface area contributed by atoms with Crippen molar-refractivity contribution in [3.63, 3.8) is 0 Å². The molecule has 8 heteroatoms. The van der Waals surface area contributed by atoms with Crippen molar-refractivity contribution < 1.29 is 19.1 Å². The van der Waals surface area contributed by atoms with Crippen molar-refractivity contribution in [2.45, 2.75) is 71.6 Å². The zero-order valence-electron chi connectivity index (χ0n) is 16.0. The molecule has 2 rings (SSSR count). The summed E-state index contributed by atoms with van der Waals surface area (Å²) in [7, 11) is 1.81. The molecule has 1 fully saturated rings. The highest BCUT2D eigenvalue weighted by Gasteiger charge is 2.52. The number of amides is 2. The van der Waals surface area contributed by atoms with Gasteiger partial charge in [-0.1, -0.05) is 0 Å². The topological polar surface area (TPSA) is 85.7 Å². The second-order valence-corrected chi connectivity index (χ2v) is 7.80. The average molecular weight is 352 g/mol. The molecule has 2 atom stereocenters. The molecule has 0 spiro atoms. The predicted molar refractivity (Wildman–Crippen MR) is 91.5 cm³/mol. The minimum absolute atomic E-state index is 0.284. The zero-order chi connectivity index (χ0) is 19.0. The number of aromatic nitrogens is 2. The monoisotopic (exact) mass is 352 g/mol. The summed E-state index contributed by atoms with van der Waals surface area (Å²) >= 11 is 0. The van der Waals surface area contributed by atoms with Gasteiger partial charge < -0.3 is 14.8 Å². The van der Waals surface area contributed by atoms with Gasteiger partial charge >= 0.3 is 6.09 Å². The van der Waals surface area contributed by atoms with Gasteiger partial charge in [0.2, 0.25) is 5.91 Å². The van der Waals surface area contributed by atoms with Crippen LogP contribution in [0.3, 0.4) is 0 Å². The van der Waals surface area contributed by atoms with Crippen molar-refractivity contribution in [3.05, 3.63) is 18.0 Å². The van der Waals surface area contributed by atoms with E-state index < -0.39 is 29.6 Å². The van der Waals surface area contributed by atoms with Gasteiger partial charge in [-0.3, -0.25) is 14.4 Å². The van der Waals surface area contributed by atoms with E-state index >= 15 is 0 Å². The lowest BCUT2D eigenvalue weighted by atomic mass is 10.1. The lowest BCUT2D eigenvalue weighted by Crippen LogP contribution is -2.55. The molecule has 0 aliphatic carbocycles. The van der Waals surface area contributed by atoms with Crippen molar-refractivity contribution in [2.75, 3.05) is 0 Å². The lowest BCUT2D eigenvalue weighted by Gasteiger charge is -2.34. The highest BCUT2D eigenvalue weighted by atomic mass is 16.6. The first-order chi connectivity index (χ1) is 11.4. The smallest absolute Gasteiger partial charge is 0.413 e. The molecule has 25 heavy (non-hydrogen) atoms. The fourth-order valence-corrected chi connectivity index (χ4v) is 2.95. The summed E-state index contributed by atoms with van der Waals surface area (Å²) in [5, 5.41) is 6.92. The van der Waals surface area contributed by atoms with E-state index in [1.165, 1.54) is 4.90 Å². The first kappa shape index (κ1) is 19.2. The Morgan fingerprint density at radius 1 is 1.40 bits per heavy atom. The van der Waals surface area contributed by atoms with Gasteiger partial charge in [0, 0.05) is 25.4 Å². The SMILES string of the molecule is CC1OC(C)(C)N(C(=O)OC(C)(C)C)C1C(=O)NCc1cnn(C)c1. The Balaban J connectivity index is 2.14. The summed E-state index contributed by atoms with van der Waals surface area (Å²) in [4.78, 5) is 26.8. The lowest BCUT2D eigenvalue weighted by molar-refractivity contribution is -0.127. The van der Waals surface area contributed by atoms with Gasteiger partial charge in [0.25, 0.3) is 0 Å². The molecule has 0 aromatic carbocycles. The Bertz CT molecular complexity index is 647. The predicted octanol–water partition coefficient (Wildman–Crippen LogP) is 1.80. The van der Waals surface area contributed by atoms with E-state index in [1.54, 1.807) is 52.4 Å². The molecule has 0 radical (unpaired) electrons. The Hall–Kier alpha value is -2.09. The Kier molecular flexibility index (Phi) is 5.13. The van der Waals surface area contributed by atoms with Crippen LogP contribution in [0.2, 0.25) is 0 Å². The van der Waals surface area contributed by atoms with Gasteiger partial charge in [0.1, 0.15) is 17.4 Å². The highest BCUT2D eigenvalue weighted by Crippen LogP contribution is 2.33. The number of nitrogens with zero attached hydrogens (tertiary/aromatic N) is 3. The molecule has 0 saturated carbocycles. The normalized spacial score (nSPS) is 22.8. The molecule has 8 nitrogen and oxygen atoms in total. The number of hydrogen-bond donors (Lipinski definition) is 1. The van der Waals surface area contributed by atoms with E-state index in [2.05, 4.69) is 10.4 Å². The number of nitrogens with one attached hydrogen (secondary N) is 1. The van der Waals surface area contributed by atoms with E-state index in [1.807, 2.05) is 13.2 Å². The third kappa shape index (κ3) is 4.50. The summed E-state index contributed by atoms with van der Waals surface area (Å²) in [6.45, 7) is 11.0. The molecule has 1 aliphatic heterocycles. The summed E-state index contributed by atoms with van der Waals surface area (Å²) in [6.07, 6.45) is 2.49. The molecule has 2 amide bonds. The maximum atomic E-state index is 12.7. The van der Waals surface area contributed by atoms with Crippen LogP contribution in [0.5, 0.6) is 0 Å². The van der Waals surface area contributed by atoms with Crippen LogP contribution in [0.1, 0.15) is 47.1 Å². The molecule has 140 valence electrons. The molecular formula is C17H28N4O4. The van der Waals surface area contributed by atoms with Crippen molar-refractivity contribution in [2.24, 2.45) is 7.05 Å². The van der Waals surface area contributed by atoms with Crippen LogP contribution in [0.25, 0.3) is 0 Å². The second-order valence-electron chi connectivity index (χ2n) is 7.80. The third-order valence-electron chi connectivity index (χ3n) is 3.86. The number of hydrogen-bond acceptors (Lipinski definition) is 5. The molecular weight excluding hydrogens is 324 g/mol. The number of ether oxygens (including phenoxy) is 2. The standard InChI is InChI=1S/C17H28N4O4/c1-11-13(14(22)18-8-12-9-19-20(7)10-12)21(17(5,6)24-11)15(23)25-16(2,3)4/h9-11,13H,8H2,1-7H3,(H,18,22). The molecule has 1 aliphatic rings. The van der Waals surface area contributed by atoms with Crippen molar-refractivity contribution in [3.8, 4) is 0 Å². The first-order valence-corrected chi connectivity index (χ1v) is 8.36. The van der Waals surface area contributed by atoms with E-state index in [0.717, 1.165) is 5.56 Å². The Morgan fingerprint density at radius 2 is 2.04 bits per heavy atom. The number of carbonyl (C=O) groups excluding carboxylic acids is 2. The van der Waals surface area contributed by atoms with Crippen molar-refractivity contribution >= 4 is 12.0 Å². The number of carbonyl (C=O) groups is 2. The van der Waals surface area contributed by atoms with Gasteiger partial charge in [0.05, 0.1) is 12.3 Å². The summed E-state index contributed by atoms with van der Waals surface area (Å²) in [5.41, 5.74) is -0.709. The fraction of sp³-hybridized carbons (Fsp3) is 0.706. The Labute approximate surface area is 148 Å². The third-order valence-corrected chi connectivity index (χ3v) is 3.86. The van der Waals surface area contributed by atoms with Crippen LogP contribution < -0.4 is 5.32 Å². The Morgan fingerprint density at radius 3 is 2.56 bits per heavy atom. The van der Waals surface area contributed by atoms with Gasteiger partial charge in [0.15, 0.2) is 0 Å². The second kappa shape index (κ2) is 6.67. The minimum atomic E-state index is -0.932. The largest absolute Gasteiger partial charge is 0.444 e. The molecule has 1 aromatic rings. The molecule has 0 bridgehead atoms. The maximum Gasteiger partial charge on any atom is 0.413 e. The molecule has 1 N–H and O–H groups in total. The maximum absolute atomic E-state index is 12.7. The quantitative estimate of drug-likeness (QED) is 0.896. The van der Waals surface area contributed by atoms with Crippen molar-refractivity contribution in [1.82, 2.24) is 20.0 Å². The van der Waals surface area contributed by atoms with Gasteiger partial charge in [-0.15, -0.1) is 0 Å². The van der Waals surface area contributed by atoms with Crippen LogP contribution in [0, 0.1) is 0 Å². The van der Waals surface area contributed by atoms with Gasteiger partial charge in [-0.25, -0.2) is 4.79 Å². The van der Waals surface area contributed by atoms with Crippen LogP contribution in [-0.2, 0) is 27.9 Å². The van der Waals surface area contributed by atoms with E-state index in [9.17, 15) is 9.59 Å². The van der Waals surface area contributed by atoms with Crippen LogP contribution in [0.15, 0.2) is 12.4 Å². The molecule has 2 heterocycles. The van der Waals surface area contributed by atoms with Gasteiger partial charge in [-0.05, 0) is 41.5 Å². The minimum Gasteiger partial charge on any atom is -0.444 e. The van der Waals surface area contributed by atoms with Crippen molar-refractivity contribution in [1.29, 1.82) is 0 Å². The summed E-state index contributed by atoms with van der Waals surface area (Å²) in [5.74, 6) is -0.284. The first-order valence-electron chi connectivity index (χ1n) is 8.36. The highest BCUT2D eigenvalue weighted by molar-refractivity contribution is 5.87. The van der Waals surface area contributed by atoms with Gasteiger partial charge in [-0.2, -0.15) is 5.10 Å². The van der Waals surface area contributed by atoms with E-state index in [4.69, 9.17) is 9.47 Å². The number of aryl methyl sites for hydroxylation is 1. The fourth-order valence-electron chi connectivity index (χ4n) is 2.95. The van der Waals surface area contributed by atoms with Crippen LogP contribution in [0.4, 0.5) is 4.79 Å².